The largest absolute Gasteiger partial charge is 0.490 e. The number of nitrogens with one attached hydrogen (secondary N) is 1. The first-order valence-electron chi connectivity index (χ1n) is 6.74. The first kappa shape index (κ1) is 12.6. The molecule has 1 spiro atoms. The zero-order valence-corrected chi connectivity index (χ0v) is 11.1. The van der Waals surface area contributed by atoms with Gasteiger partial charge in [0, 0.05) is 24.3 Å². The second kappa shape index (κ2) is 4.81. The van der Waals surface area contributed by atoms with Gasteiger partial charge in [-0.2, -0.15) is 0 Å². The third-order valence-electron chi connectivity index (χ3n) is 3.84. The Kier molecular flexibility index (Phi) is 3.57. The highest BCUT2D eigenvalue weighted by Crippen LogP contribution is 2.39. The van der Waals surface area contributed by atoms with Gasteiger partial charge in [0.1, 0.15) is 11.4 Å². The van der Waals surface area contributed by atoms with Crippen molar-refractivity contribution in [3.8, 4) is 0 Å². The quantitative estimate of drug-likeness (QED) is 0.801. The van der Waals surface area contributed by atoms with Gasteiger partial charge in [0.05, 0.1) is 6.42 Å². The molecule has 0 bridgehead atoms. The molecule has 17 heavy (non-hydrogen) atoms. The van der Waals surface area contributed by atoms with E-state index in [1.165, 1.54) is 0 Å². The molecule has 3 nitrogen and oxygen atoms in total. The summed E-state index contributed by atoms with van der Waals surface area (Å²) in [5.41, 5.74) is 0.713. The van der Waals surface area contributed by atoms with Gasteiger partial charge in [-0.25, -0.2) is 0 Å². The van der Waals surface area contributed by atoms with Crippen LogP contribution in [-0.2, 0) is 9.53 Å². The van der Waals surface area contributed by atoms with Crippen molar-refractivity contribution in [2.45, 2.75) is 52.1 Å². The maximum atomic E-state index is 12.3. The van der Waals surface area contributed by atoms with Crippen LogP contribution in [0.3, 0.4) is 0 Å². The first-order valence-corrected chi connectivity index (χ1v) is 6.74. The molecule has 1 saturated heterocycles. The average molecular weight is 237 g/mol. The molecule has 96 valence electrons. The van der Waals surface area contributed by atoms with Gasteiger partial charge in [0.15, 0.2) is 5.78 Å². The number of carbonyl (C=O) groups excluding carboxylic acids is 1. The van der Waals surface area contributed by atoms with Gasteiger partial charge >= 0.3 is 0 Å². The molecule has 0 unspecified atom stereocenters. The molecule has 0 saturated carbocycles. The van der Waals surface area contributed by atoms with E-state index in [1.54, 1.807) is 0 Å². The van der Waals surface area contributed by atoms with Crippen molar-refractivity contribution in [1.29, 1.82) is 0 Å². The van der Waals surface area contributed by atoms with Gasteiger partial charge in [-0.05, 0) is 19.5 Å². The van der Waals surface area contributed by atoms with Gasteiger partial charge in [0.25, 0.3) is 0 Å². The summed E-state index contributed by atoms with van der Waals surface area (Å²) in [5, 5.41) is 3.33. The highest BCUT2D eigenvalue weighted by molar-refractivity contribution is 5.97. The van der Waals surface area contributed by atoms with Gasteiger partial charge in [-0.3, -0.25) is 4.79 Å². The molecule has 2 heterocycles. The Morgan fingerprint density at radius 3 is 2.53 bits per heavy atom. The number of allylic oxidation sites excluding steroid dienone is 2. The van der Waals surface area contributed by atoms with E-state index in [0.29, 0.717) is 18.1 Å². The Morgan fingerprint density at radius 1 is 1.35 bits per heavy atom. The fourth-order valence-electron chi connectivity index (χ4n) is 2.87. The molecule has 0 atom stereocenters. The van der Waals surface area contributed by atoms with Gasteiger partial charge < -0.3 is 10.1 Å². The summed E-state index contributed by atoms with van der Waals surface area (Å²) >= 11 is 0. The van der Waals surface area contributed by atoms with Crippen molar-refractivity contribution in [3.63, 3.8) is 0 Å². The maximum absolute atomic E-state index is 12.3. The summed E-state index contributed by atoms with van der Waals surface area (Å²) in [5.74, 6) is 1.57. The average Bonchev–Trinajstić information content (AvgIpc) is 2.29. The molecule has 0 amide bonds. The lowest BCUT2D eigenvalue weighted by Gasteiger charge is -2.42. The smallest absolute Gasteiger partial charge is 0.166 e. The van der Waals surface area contributed by atoms with E-state index >= 15 is 0 Å². The minimum atomic E-state index is -0.208. The van der Waals surface area contributed by atoms with Crippen LogP contribution < -0.4 is 5.32 Å². The fourth-order valence-corrected chi connectivity index (χ4v) is 2.87. The molecule has 0 aromatic rings. The van der Waals surface area contributed by atoms with Crippen molar-refractivity contribution in [3.05, 3.63) is 11.3 Å². The van der Waals surface area contributed by atoms with Crippen LogP contribution in [0.15, 0.2) is 11.3 Å². The number of hydrogen-bond acceptors (Lipinski definition) is 3. The normalized spacial score (nSPS) is 24.4. The van der Waals surface area contributed by atoms with Crippen LogP contribution in [0.5, 0.6) is 0 Å². The topological polar surface area (TPSA) is 38.3 Å². The molecule has 1 fully saturated rings. The third-order valence-corrected chi connectivity index (χ3v) is 3.84. The lowest BCUT2D eigenvalue weighted by molar-refractivity contribution is -0.128. The Morgan fingerprint density at radius 2 is 2.00 bits per heavy atom. The Bertz CT molecular complexity index is 338. The molecule has 2 aliphatic rings. The Labute approximate surface area is 104 Å². The van der Waals surface area contributed by atoms with Crippen LogP contribution in [0.1, 0.15) is 46.5 Å². The van der Waals surface area contributed by atoms with E-state index in [1.807, 2.05) is 6.92 Å². The minimum absolute atomic E-state index is 0.208. The molecule has 2 aliphatic heterocycles. The summed E-state index contributed by atoms with van der Waals surface area (Å²) in [6.45, 7) is 8.18. The number of rotatable bonds is 2. The molecule has 1 N–H and O–H groups in total. The Hall–Kier alpha value is -0.830. The monoisotopic (exact) mass is 237 g/mol. The molecule has 0 aromatic heterocycles. The van der Waals surface area contributed by atoms with Crippen LogP contribution in [0.25, 0.3) is 0 Å². The summed E-state index contributed by atoms with van der Waals surface area (Å²) in [6.07, 6.45) is 3.27. The van der Waals surface area contributed by atoms with Crippen LogP contribution in [-0.4, -0.2) is 24.5 Å². The van der Waals surface area contributed by atoms with Crippen molar-refractivity contribution in [2.75, 3.05) is 13.1 Å². The van der Waals surface area contributed by atoms with E-state index in [0.717, 1.165) is 43.7 Å². The van der Waals surface area contributed by atoms with E-state index in [4.69, 9.17) is 4.74 Å². The second-order valence-electron chi connectivity index (χ2n) is 5.49. The van der Waals surface area contributed by atoms with Crippen molar-refractivity contribution >= 4 is 5.78 Å². The molecular weight excluding hydrogens is 214 g/mol. The standard InChI is InChI=1S/C14H23NO2/c1-4-11-12(16)9-14(5-7-15-8-6-14)17-13(11)10(2)3/h10,15H,4-9H2,1-3H3. The number of piperidine rings is 1. The molecule has 0 aromatic carbocycles. The van der Waals surface area contributed by atoms with Crippen molar-refractivity contribution < 1.29 is 9.53 Å². The molecular formula is C14H23NO2. The predicted octanol–water partition coefficient (Wildman–Crippen LogP) is 2.42. The van der Waals surface area contributed by atoms with Gasteiger partial charge in [-0.1, -0.05) is 20.8 Å². The first-order chi connectivity index (χ1) is 8.08. The zero-order valence-electron chi connectivity index (χ0n) is 11.1. The number of ketones is 1. The number of hydrogen-bond donors (Lipinski definition) is 1. The zero-order chi connectivity index (χ0) is 12.5. The molecule has 3 heteroatoms. The maximum Gasteiger partial charge on any atom is 0.166 e. The number of Topliss-reactive ketones (excluding diaryl/α,β-unsaturated/α-hetero) is 1. The number of carbonyl (C=O) groups is 1. The molecule has 0 radical (unpaired) electrons. The third kappa shape index (κ3) is 2.39. The van der Waals surface area contributed by atoms with Crippen LogP contribution in [0, 0.1) is 5.92 Å². The van der Waals surface area contributed by atoms with E-state index in [9.17, 15) is 4.79 Å². The van der Waals surface area contributed by atoms with Gasteiger partial charge in [-0.15, -0.1) is 0 Å². The van der Waals surface area contributed by atoms with E-state index in [-0.39, 0.29) is 5.60 Å². The summed E-state index contributed by atoms with van der Waals surface area (Å²) in [7, 11) is 0. The lowest BCUT2D eigenvalue weighted by atomic mass is 9.81. The fraction of sp³-hybridized carbons (Fsp3) is 0.786. The molecule has 0 aliphatic carbocycles. The van der Waals surface area contributed by atoms with E-state index in [2.05, 4.69) is 19.2 Å². The number of ether oxygens (including phenoxy) is 1. The van der Waals surface area contributed by atoms with Crippen molar-refractivity contribution in [1.82, 2.24) is 5.32 Å². The van der Waals surface area contributed by atoms with Gasteiger partial charge in [0.2, 0.25) is 0 Å². The highest BCUT2D eigenvalue weighted by Gasteiger charge is 2.42. The minimum Gasteiger partial charge on any atom is -0.490 e. The lowest BCUT2D eigenvalue weighted by Crippen LogP contribution is -2.48. The van der Waals surface area contributed by atoms with Crippen LogP contribution >= 0.6 is 0 Å². The Balaban J connectivity index is 2.29. The summed E-state index contributed by atoms with van der Waals surface area (Å²) in [6, 6.07) is 0. The van der Waals surface area contributed by atoms with Crippen LogP contribution in [0.4, 0.5) is 0 Å². The highest BCUT2D eigenvalue weighted by atomic mass is 16.5. The second-order valence-corrected chi connectivity index (χ2v) is 5.49. The van der Waals surface area contributed by atoms with E-state index < -0.39 is 0 Å². The van der Waals surface area contributed by atoms with Crippen LogP contribution in [0.2, 0.25) is 0 Å². The van der Waals surface area contributed by atoms with Crippen molar-refractivity contribution in [2.24, 2.45) is 5.92 Å². The molecule has 2 rings (SSSR count). The SMILES string of the molecule is CCC1=C(C(C)C)OC2(CCNCC2)CC1=O. The predicted molar refractivity (Wildman–Crippen MR) is 67.7 cm³/mol. The summed E-state index contributed by atoms with van der Waals surface area (Å²) < 4.78 is 6.27. The summed E-state index contributed by atoms with van der Waals surface area (Å²) in [4.78, 5) is 12.3.